The number of aryl methyl sites for hydroxylation is 1. The summed E-state index contributed by atoms with van der Waals surface area (Å²) in [6.07, 6.45) is 1.82. The van der Waals surface area contributed by atoms with E-state index in [0.29, 0.717) is 5.69 Å². The van der Waals surface area contributed by atoms with Crippen molar-refractivity contribution in [2.75, 3.05) is 0 Å². The second-order valence-corrected chi connectivity index (χ2v) is 5.68. The number of hydrogen-bond donors (Lipinski definition) is 1. The molecule has 1 aliphatic rings. The van der Waals surface area contributed by atoms with Gasteiger partial charge in [-0.1, -0.05) is 12.1 Å². The monoisotopic (exact) mass is 314 g/mol. The van der Waals surface area contributed by atoms with Crippen molar-refractivity contribution in [2.45, 2.75) is 39.3 Å². The van der Waals surface area contributed by atoms with Crippen LogP contribution in [0.5, 0.6) is 0 Å². The number of aromatic nitrogens is 3. The minimum absolute atomic E-state index is 0.109. The maximum atomic E-state index is 12.5. The van der Waals surface area contributed by atoms with Crippen molar-refractivity contribution in [1.29, 1.82) is 0 Å². The molecule has 1 aromatic carbocycles. The van der Waals surface area contributed by atoms with Crippen LogP contribution < -0.4 is 16.6 Å². The smallest absolute Gasteiger partial charge is 0.348 e. The Balaban J connectivity index is 2.17. The largest absolute Gasteiger partial charge is 0.352 e. The van der Waals surface area contributed by atoms with Crippen LogP contribution in [-0.4, -0.2) is 26.3 Å². The topological polar surface area (TPSA) is 86.0 Å². The maximum Gasteiger partial charge on any atom is 0.352 e. The van der Waals surface area contributed by atoms with Crippen LogP contribution in [0.4, 0.5) is 0 Å². The number of carbonyl (C=O) groups excluding carboxylic acids is 1. The molecule has 1 saturated carbocycles. The second kappa shape index (κ2) is 5.83. The fourth-order valence-electron chi connectivity index (χ4n) is 2.35. The van der Waals surface area contributed by atoms with E-state index in [1.54, 1.807) is 25.1 Å². The molecule has 7 heteroatoms. The normalized spacial score (nSPS) is 13.8. The van der Waals surface area contributed by atoms with Gasteiger partial charge in [0.15, 0.2) is 0 Å². The van der Waals surface area contributed by atoms with Crippen molar-refractivity contribution in [3.05, 3.63) is 56.4 Å². The number of benzene rings is 1. The van der Waals surface area contributed by atoms with Gasteiger partial charge in [0.1, 0.15) is 0 Å². The molecule has 1 aromatic heterocycles. The van der Waals surface area contributed by atoms with Crippen LogP contribution in [-0.2, 0) is 6.54 Å². The summed E-state index contributed by atoms with van der Waals surface area (Å²) < 4.78 is 2.14. The molecule has 0 atom stereocenters. The highest BCUT2D eigenvalue weighted by atomic mass is 16.2. The molecule has 1 fully saturated rings. The second-order valence-electron chi connectivity index (χ2n) is 5.68. The zero-order valence-electron chi connectivity index (χ0n) is 13.1. The Bertz CT molecular complexity index is 878. The summed E-state index contributed by atoms with van der Waals surface area (Å²) in [7, 11) is 0. The molecule has 1 N–H and O–H groups in total. The third kappa shape index (κ3) is 2.94. The summed E-state index contributed by atoms with van der Waals surface area (Å²) in [5, 5.41) is 6.77. The van der Waals surface area contributed by atoms with Gasteiger partial charge in [-0.2, -0.15) is 9.78 Å². The molecule has 3 rings (SSSR count). The number of nitrogens with one attached hydrogen (secondary N) is 1. The highest BCUT2D eigenvalue weighted by molar-refractivity contribution is 5.92. The Morgan fingerprint density at radius 1 is 1.35 bits per heavy atom. The first-order chi connectivity index (χ1) is 11.0. The van der Waals surface area contributed by atoms with E-state index in [-0.39, 0.29) is 18.3 Å². The molecule has 0 aliphatic heterocycles. The van der Waals surface area contributed by atoms with E-state index in [0.717, 1.165) is 27.7 Å². The number of nitrogens with zero attached hydrogens (tertiary/aromatic N) is 3. The van der Waals surface area contributed by atoms with E-state index in [1.807, 2.05) is 13.0 Å². The Labute approximate surface area is 132 Å². The molecule has 1 amide bonds. The molecular formula is C16H18N4O3. The zero-order chi connectivity index (χ0) is 16.6. The van der Waals surface area contributed by atoms with Gasteiger partial charge in [-0.05, 0) is 44.4 Å². The highest BCUT2D eigenvalue weighted by Gasteiger charge is 2.27. The molecule has 1 aliphatic carbocycles. The molecule has 0 spiro atoms. The maximum absolute atomic E-state index is 12.5. The van der Waals surface area contributed by atoms with Gasteiger partial charge in [0, 0.05) is 12.6 Å². The summed E-state index contributed by atoms with van der Waals surface area (Å²) in [6.45, 7) is 3.76. The summed E-state index contributed by atoms with van der Waals surface area (Å²) in [4.78, 5) is 37.1. The minimum Gasteiger partial charge on any atom is -0.348 e. The lowest BCUT2D eigenvalue weighted by molar-refractivity contribution is 0.0941. The first-order valence-electron chi connectivity index (χ1n) is 7.63. The summed E-state index contributed by atoms with van der Waals surface area (Å²) >= 11 is 0. The lowest BCUT2D eigenvalue weighted by Crippen LogP contribution is -2.45. The summed E-state index contributed by atoms with van der Waals surface area (Å²) in [5.74, 6) is -0.527. The van der Waals surface area contributed by atoms with Crippen LogP contribution in [0, 0.1) is 6.92 Å². The zero-order valence-corrected chi connectivity index (χ0v) is 13.1. The summed E-state index contributed by atoms with van der Waals surface area (Å²) in [6, 6.07) is 7.30. The van der Waals surface area contributed by atoms with E-state index in [1.165, 1.54) is 0 Å². The Hall–Kier alpha value is -2.70. The minimum atomic E-state index is -0.653. The SMILES string of the molecule is CCn1c(=O)c(C(=O)NC2CC2)nn(-c2cccc(C)c2)c1=O. The van der Waals surface area contributed by atoms with Gasteiger partial charge >= 0.3 is 5.69 Å². The molecule has 0 radical (unpaired) electrons. The molecule has 2 aromatic rings. The van der Waals surface area contributed by atoms with Crippen LogP contribution in [0.2, 0.25) is 0 Å². The first-order valence-corrected chi connectivity index (χ1v) is 7.63. The molecule has 120 valence electrons. The Kier molecular flexibility index (Phi) is 3.85. The van der Waals surface area contributed by atoms with Crippen LogP contribution in [0.3, 0.4) is 0 Å². The van der Waals surface area contributed by atoms with Crippen LogP contribution in [0.15, 0.2) is 33.9 Å². The quantitative estimate of drug-likeness (QED) is 0.896. The average molecular weight is 314 g/mol. The lowest BCUT2D eigenvalue weighted by Gasteiger charge is -2.11. The number of hydrogen-bond acceptors (Lipinski definition) is 4. The number of rotatable bonds is 4. The third-order valence-corrected chi connectivity index (χ3v) is 3.75. The predicted octanol–water partition coefficient (Wildman–Crippen LogP) is 0.615. The Morgan fingerprint density at radius 3 is 2.70 bits per heavy atom. The van der Waals surface area contributed by atoms with Crippen LogP contribution in [0.25, 0.3) is 5.69 Å². The van der Waals surface area contributed by atoms with Gasteiger partial charge in [-0.3, -0.25) is 14.2 Å². The van der Waals surface area contributed by atoms with Gasteiger partial charge < -0.3 is 5.32 Å². The summed E-state index contributed by atoms with van der Waals surface area (Å²) in [5.41, 5.74) is 0.0255. The van der Waals surface area contributed by atoms with Crippen molar-refractivity contribution >= 4 is 5.91 Å². The van der Waals surface area contributed by atoms with Crippen molar-refractivity contribution in [1.82, 2.24) is 19.7 Å². The highest BCUT2D eigenvalue weighted by Crippen LogP contribution is 2.18. The van der Waals surface area contributed by atoms with Crippen molar-refractivity contribution in [3.63, 3.8) is 0 Å². The first kappa shape index (κ1) is 15.2. The molecule has 0 saturated heterocycles. The van der Waals surface area contributed by atoms with Crippen LogP contribution in [0.1, 0.15) is 35.8 Å². The Morgan fingerprint density at radius 2 is 2.09 bits per heavy atom. The van der Waals surface area contributed by atoms with Gasteiger partial charge in [0.2, 0.25) is 5.69 Å². The fourth-order valence-corrected chi connectivity index (χ4v) is 2.35. The standard InChI is InChI=1S/C16H18N4O3/c1-3-19-15(22)13(14(21)17-11-7-8-11)18-20(16(19)23)12-6-4-5-10(2)9-12/h4-6,9,11H,3,7-8H2,1-2H3,(H,17,21). The molecule has 23 heavy (non-hydrogen) atoms. The third-order valence-electron chi connectivity index (χ3n) is 3.75. The van der Waals surface area contributed by atoms with Crippen molar-refractivity contribution in [3.8, 4) is 5.69 Å². The van der Waals surface area contributed by atoms with E-state index >= 15 is 0 Å². The molecule has 7 nitrogen and oxygen atoms in total. The predicted molar refractivity (Wildman–Crippen MR) is 85.0 cm³/mol. The van der Waals surface area contributed by atoms with Gasteiger partial charge in [-0.25, -0.2) is 4.79 Å². The van der Waals surface area contributed by atoms with Gasteiger partial charge in [0.25, 0.3) is 11.5 Å². The van der Waals surface area contributed by atoms with Gasteiger partial charge in [-0.15, -0.1) is 0 Å². The average Bonchev–Trinajstić information content (AvgIpc) is 3.31. The van der Waals surface area contributed by atoms with Gasteiger partial charge in [0.05, 0.1) is 5.69 Å². The fraction of sp³-hybridized carbons (Fsp3) is 0.375. The number of carbonyl (C=O) groups is 1. The lowest BCUT2D eigenvalue weighted by atomic mass is 10.2. The molecule has 0 unspecified atom stereocenters. The van der Waals surface area contributed by atoms with Crippen LogP contribution >= 0.6 is 0 Å². The number of amides is 1. The molecule has 1 heterocycles. The molecular weight excluding hydrogens is 296 g/mol. The van der Waals surface area contributed by atoms with Crippen molar-refractivity contribution < 1.29 is 4.79 Å². The molecule has 0 bridgehead atoms. The van der Waals surface area contributed by atoms with E-state index in [2.05, 4.69) is 10.4 Å². The van der Waals surface area contributed by atoms with E-state index < -0.39 is 17.2 Å². The van der Waals surface area contributed by atoms with E-state index in [4.69, 9.17) is 0 Å². The van der Waals surface area contributed by atoms with E-state index in [9.17, 15) is 14.4 Å². The van der Waals surface area contributed by atoms with Crippen molar-refractivity contribution in [2.24, 2.45) is 0 Å².